The number of amides is 2. The molecule has 0 radical (unpaired) electrons. The maximum atomic E-state index is 12.0. The number of benzene rings is 1. The van der Waals surface area contributed by atoms with Crippen LogP contribution in [0, 0.1) is 0 Å². The van der Waals surface area contributed by atoms with Crippen molar-refractivity contribution in [3.8, 4) is 0 Å². The van der Waals surface area contributed by atoms with E-state index in [4.69, 9.17) is 4.84 Å². The highest BCUT2D eigenvalue weighted by molar-refractivity contribution is 6.04. The molecular formula is C16H19N3O3. The smallest absolute Gasteiger partial charge is 0.264 e. The molecule has 1 aromatic carbocycles. The first-order valence-corrected chi connectivity index (χ1v) is 7.57. The van der Waals surface area contributed by atoms with Crippen LogP contribution in [-0.4, -0.2) is 36.2 Å². The van der Waals surface area contributed by atoms with Crippen molar-refractivity contribution in [2.75, 3.05) is 6.54 Å². The quantitative estimate of drug-likeness (QED) is 0.821. The highest BCUT2D eigenvalue weighted by Gasteiger charge is 2.28. The van der Waals surface area contributed by atoms with Gasteiger partial charge in [-0.25, -0.2) is 0 Å². The van der Waals surface area contributed by atoms with Gasteiger partial charge in [0.15, 0.2) is 0 Å². The summed E-state index contributed by atoms with van der Waals surface area (Å²) in [5, 5.41) is 9.58. The Morgan fingerprint density at radius 3 is 2.73 bits per heavy atom. The highest BCUT2D eigenvalue weighted by atomic mass is 16.6. The van der Waals surface area contributed by atoms with Crippen molar-refractivity contribution in [1.29, 1.82) is 0 Å². The maximum Gasteiger partial charge on any atom is 0.264 e. The zero-order chi connectivity index (χ0) is 15.4. The Hall–Kier alpha value is -2.37. The topological polar surface area (TPSA) is 79.8 Å². The second kappa shape index (κ2) is 6.60. The molecule has 0 spiro atoms. The Balaban J connectivity index is 1.39. The number of rotatable bonds is 6. The van der Waals surface area contributed by atoms with Gasteiger partial charge in [0, 0.05) is 25.4 Å². The molecule has 0 aromatic heterocycles. The van der Waals surface area contributed by atoms with E-state index in [2.05, 4.69) is 15.8 Å². The Bertz CT molecular complexity index is 582. The maximum absolute atomic E-state index is 12.0. The molecule has 1 aromatic rings. The number of nitrogens with one attached hydrogen (secondary N) is 2. The van der Waals surface area contributed by atoms with Crippen LogP contribution >= 0.6 is 0 Å². The minimum Gasteiger partial charge on any atom is -0.382 e. The van der Waals surface area contributed by atoms with Crippen LogP contribution in [0.1, 0.15) is 31.2 Å². The summed E-state index contributed by atoms with van der Waals surface area (Å²) in [7, 11) is 0. The van der Waals surface area contributed by atoms with Crippen LogP contribution < -0.4 is 10.6 Å². The van der Waals surface area contributed by atoms with E-state index in [1.165, 1.54) is 0 Å². The number of hydrogen-bond acceptors (Lipinski definition) is 4. The number of hydrogen-bond donors (Lipinski definition) is 2. The highest BCUT2D eigenvalue weighted by Crippen LogP contribution is 2.18. The molecular weight excluding hydrogens is 282 g/mol. The van der Waals surface area contributed by atoms with Crippen molar-refractivity contribution in [2.24, 2.45) is 5.16 Å². The molecule has 1 atom stereocenters. The van der Waals surface area contributed by atoms with Crippen LogP contribution in [0.5, 0.6) is 0 Å². The molecule has 22 heavy (non-hydrogen) atoms. The van der Waals surface area contributed by atoms with Gasteiger partial charge >= 0.3 is 0 Å². The second-order valence-electron chi connectivity index (χ2n) is 5.58. The first kappa shape index (κ1) is 14.6. The lowest BCUT2D eigenvalue weighted by Gasteiger charge is -2.09. The predicted octanol–water partition coefficient (Wildman–Crippen LogP) is 0.964. The molecule has 2 N–H and O–H groups in total. The molecule has 1 heterocycles. The van der Waals surface area contributed by atoms with Crippen molar-refractivity contribution in [1.82, 2.24) is 10.6 Å². The molecule has 1 saturated carbocycles. The third-order valence-electron chi connectivity index (χ3n) is 3.66. The molecule has 0 saturated heterocycles. The Kier molecular flexibility index (Phi) is 4.37. The fraction of sp³-hybridized carbons (Fsp3) is 0.438. The molecule has 116 valence electrons. The van der Waals surface area contributed by atoms with Gasteiger partial charge in [0.05, 0.1) is 5.71 Å². The number of oxime groups is 1. The molecule has 6 heteroatoms. The molecule has 3 rings (SSSR count). The Labute approximate surface area is 128 Å². The van der Waals surface area contributed by atoms with Crippen LogP contribution in [0.15, 0.2) is 35.5 Å². The SMILES string of the molecule is O=C(CCNC(=O)[C@H]1CC(c2ccccc2)=NO1)NC1CC1. The summed E-state index contributed by atoms with van der Waals surface area (Å²) >= 11 is 0. The van der Waals surface area contributed by atoms with Crippen molar-refractivity contribution in [2.45, 2.75) is 37.8 Å². The first-order chi connectivity index (χ1) is 10.7. The van der Waals surface area contributed by atoms with Crippen LogP contribution in [0.4, 0.5) is 0 Å². The number of carbonyl (C=O) groups excluding carboxylic acids is 2. The van der Waals surface area contributed by atoms with Gasteiger partial charge in [-0.15, -0.1) is 0 Å². The van der Waals surface area contributed by atoms with Gasteiger partial charge < -0.3 is 15.5 Å². The molecule has 2 aliphatic rings. The van der Waals surface area contributed by atoms with E-state index < -0.39 is 6.10 Å². The fourth-order valence-electron chi connectivity index (χ4n) is 2.26. The van der Waals surface area contributed by atoms with Gasteiger partial charge in [0.1, 0.15) is 0 Å². The first-order valence-electron chi connectivity index (χ1n) is 7.57. The van der Waals surface area contributed by atoms with Crippen molar-refractivity contribution in [3.63, 3.8) is 0 Å². The van der Waals surface area contributed by atoms with Crippen LogP contribution in [0.2, 0.25) is 0 Å². The Morgan fingerprint density at radius 1 is 1.23 bits per heavy atom. The minimum atomic E-state index is -0.610. The van der Waals surface area contributed by atoms with Gasteiger partial charge in [-0.3, -0.25) is 9.59 Å². The summed E-state index contributed by atoms with van der Waals surface area (Å²) in [5.41, 5.74) is 1.73. The molecule has 1 fully saturated rings. The van der Waals surface area contributed by atoms with Crippen LogP contribution in [0.25, 0.3) is 0 Å². The van der Waals surface area contributed by atoms with Crippen LogP contribution in [-0.2, 0) is 14.4 Å². The molecule has 2 amide bonds. The Morgan fingerprint density at radius 2 is 2.00 bits per heavy atom. The molecule has 6 nitrogen and oxygen atoms in total. The van der Waals surface area contributed by atoms with E-state index in [-0.39, 0.29) is 11.8 Å². The van der Waals surface area contributed by atoms with Gasteiger partial charge in [0.2, 0.25) is 12.0 Å². The molecule has 0 unspecified atom stereocenters. The van der Waals surface area contributed by atoms with E-state index in [1.807, 2.05) is 30.3 Å². The van der Waals surface area contributed by atoms with Gasteiger partial charge in [-0.2, -0.15) is 0 Å². The number of nitrogens with zero attached hydrogens (tertiary/aromatic N) is 1. The molecule has 0 bridgehead atoms. The summed E-state index contributed by atoms with van der Waals surface area (Å²) in [6.45, 7) is 0.317. The summed E-state index contributed by atoms with van der Waals surface area (Å²) in [6, 6.07) is 9.99. The van der Waals surface area contributed by atoms with Crippen molar-refractivity contribution < 1.29 is 14.4 Å². The van der Waals surface area contributed by atoms with E-state index in [0.717, 1.165) is 24.1 Å². The second-order valence-corrected chi connectivity index (χ2v) is 5.58. The fourth-order valence-corrected chi connectivity index (χ4v) is 2.26. The van der Waals surface area contributed by atoms with E-state index in [1.54, 1.807) is 0 Å². The third-order valence-corrected chi connectivity index (χ3v) is 3.66. The summed E-state index contributed by atoms with van der Waals surface area (Å²) in [5.74, 6) is -0.245. The van der Waals surface area contributed by atoms with E-state index in [0.29, 0.717) is 25.4 Å². The molecule has 1 aliphatic heterocycles. The van der Waals surface area contributed by atoms with Crippen molar-refractivity contribution >= 4 is 17.5 Å². The lowest BCUT2D eigenvalue weighted by Crippen LogP contribution is -2.37. The normalized spacial score (nSPS) is 20.0. The average molecular weight is 301 g/mol. The molecule has 1 aliphatic carbocycles. The standard InChI is InChI=1S/C16H19N3O3/c20-15(18-12-6-7-12)8-9-17-16(21)14-10-13(19-22-14)11-4-2-1-3-5-11/h1-5,12,14H,6-10H2,(H,17,21)(H,18,20)/t14-/m1/s1. The zero-order valence-electron chi connectivity index (χ0n) is 12.2. The van der Waals surface area contributed by atoms with Gasteiger partial charge in [-0.05, 0) is 18.4 Å². The van der Waals surface area contributed by atoms with Gasteiger partial charge in [-0.1, -0.05) is 35.5 Å². The van der Waals surface area contributed by atoms with Gasteiger partial charge in [0.25, 0.3) is 5.91 Å². The summed E-state index contributed by atoms with van der Waals surface area (Å²) < 4.78 is 0. The van der Waals surface area contributed by atoms with E-state index in [9.17, 15) is 9.59 Å². The predicted molar refractivity (Wildman–Crippen MR) is 81.3 cm³/mol. The largest absolute Gasteiger partial charge is 0.382 e. The minimum absolute atomic E-state index is 0.0173. The van der Waals surface area contributed by atoms with E-state index >= 15 is 0 Å². The average Bonchev–Trinajstić information content (AvgIpc) is 3.19. The number of carbonyl (C=O) groups is 2. The van der Waals surface area contributed by atoms with Crippen molar-refractivity contribution in [3.05, 3.63) is 35.9 Å². The lowest BCUT2D eigenvalue weighted by atomic mass is 10.0. The summed E-state index contributed by atoms with van der Waals surface area (Å²) in [4.78, 5) is 28.7. The monoisotopic (exact) mass is 301 g/mol. The summed E-state index contributed by atoms with van der Waals surface area (Å²) in [6.07, 6.45) is 2.26. The zero-order valence-corrected chi connectivity index (χ0v) is 12.2. The third kappa shape index (κ3) is 3.84. The lowest BCUT2D eigenvalue weighted by molar-refractivity contribution is -0.131. The van der Waals surface area contributed by atoms with Crippen LogP contribution in [0.3, 0.4) is 0 Å².